The lowest BCUT2D eigenvalue weighted by Crippen LogP contribution is -2.70. The zero-order valence-electron chi connectivity index (χ0n) is 11.4. The number of alkyl halides is 14. The highest BCUT2D eigenvalue weighted by Gasteiger charge is 2.90. The van der Waals surface area contributed by atoms with Crippen LogP contribution in [0.1, 0.15) is 12.8 Å². The third kappa shape index (κ3) is 4.05. The van der Waals surface area contributed by atoms with E-state index in [-0.39, 0.29) is 0 Å². The fourth-order valence-corrected chi connectivity index (χ4v) is 2.28. The molecule has 1 nitrogen and oxygen atoms in total. The highest BCUT2D eigenvalue weighted by Crippen LogP contribution is 2.60. The molecule has 0 saturated carbocycles. The second kappa shape index (κ2) is 7.07. The van der Waals surface area contributed by atoms with Gasteiger partial charge in [-0.3, -0.25) is 0 Å². The van der Waals surface area contributed by atoms with E-state index in [9.17, 15) is 57.1 Å². The zero-order valence-corrected chi connectivity index (χ0v) is 13.6. The molecule has 0 aromatic rings. The smallest absolute Gasteiger partial charge is 0.396 e. The molecular weight excluding hydrogens is 510 g/mol. The van der Waals surface area contributed by atoms with E-state index < -0.39 is 59.2 Å². The summed E-state index contributed by atoms with van der Waals surface area (Å²) in [6, 6.07) is 0. The number of rotatable bonds is 8. The lowest BCUT2D eigenvalue weighted by atomic mass is 9.92. The molecule has 15 heteroatoms. The van der Waals surface area contributed by atoms with Crippen LogP contribution in [0.3, 0.4) is 0 Å². The van der Waals surface area contributed by atoms with Gasteiger partial charge in [0.25, 0.3) is 0 Å². The molecule has 1 N–H and O–H groups in total. The van der Waals surface area contributed by atoms with Crippen LogP contribution in [0, 0.1) is 0 Å². The van der Waals surface area contributed by atoms with Crippen molar-refractivity contribution in [3.05, 3.63) is 0 Å². The van der Waals surface area contributed by atoms with Crippen molar-refractivity contribution in [2.45, 2.75) is 52.6 Å². The predicted molar refractivity (Wildman–Crippen MR) is 64.9 cm³/mol. The number of aliphatic hydroxyl groups excluding tert-OH is 1. The first kappa shape index (κ1) is 24.8. The summed E-state index contributed by atoms with van der Waals surface area (Å²) in [7, 11) is 0. The van der Waals surface area contributed by atoms with E-state index in [2.05, 4.69) is 0 Å². The van der Waals surface area contributed by atoms with Gasteiger partial charge < -0.3 is 5.11 Å². The first-order valence-corrected chi connectivity index (χ1v) is 7.16. The van der Waals surface area contributed by atoms with Crippen LogP contribution in [0.25, 0.3) is 0 Å². The Hall–Kier alpha value is -0.220. The molecular formula is C10H8F13IO. The molecule has 0 aliphatic heterocycles. The summed E-state index contributed by atoms with van der Waals surface area (Å²) in [6.07, 6.45) is -10.4. The van der Waals surface area contributed by atoms with Crippen molar-refractivity contribution < 1.29 is 62.2 Å². The van der Waals surface area contributed by atoms with Crippen molar-refractivity contribution in [3.8, 4) is 0 Å². The maximum atomic E-state index is 13.3. The predicted octanol–water partition coefficient (Wildman–Crippen LogP) is 5.30. The van der Waals surface area contributed by atoms with E-state index in [1.54, 1.807) is 0 Å². The third-order valence-electron chi connectivity index (χ3n) is 2.92. The normalized spacial score (nSPS) is 16.9. The minimum atomic E-state index is -7.87. The highest BCUT2D eigenvalue weighted by atomic mass is 127. The summed E-state index contributed by atoms with van der Waals surface area (Å²) < 4.78 is 164. The average molecular weight is 518 g/mol. The van der Waals surface area contributed by atoms with Gasteiger partial charge in [-0.1, -0.05) is 22.6 Å². The Kier molecular flexibility index (Phi) is 7.01. The van der Waals surface area contributed by atoms with Crippen LogP contribution in [-0.2, 0) is 0 Å². The van der Waals surface area contributed by atoms with Crippen LogP contribution >= 0.6 is 22.6 Å². The van der Waals surface area contributed by atoms with Crippen molar-refractivity contribution in [2.75, 3.05) is 6.61 Å². The molecule has 0 aliphatic carbocycles. The monoisotopic (exact) mass is 518 g/mol. The standard InChI is InChI=1S/C10H8F13IO/c11-5(12,3-4(24)1-2-25)6(13,14)7(15,16)8(17,18)9(19,20)10(21,22)23/h4,25H,1-3H2/t4-/m1/s1. The topological polar surface area (TPSA) is 20.2 Å². The van der Waals surface area contributed by atoms with E-state index >= 15 is 0 Å². The van der Waals surface area contributed by atoms with Gasteiger partial charge in [-0.2, -0.15) is 57.1 Å². The summed E-state index contributed by atoms with van der Waals surface area (Å²) >= 11 is 0.951. The molecule has 0 aromatic heterocycles. The Morgan fingerprint density at radius 1 is 0.640 bits per heavy atom. The maximum Gasteiger partial charge on any atom is 0.460 e. The minimum Gasteiger partial charge on any atom is -0.396 e. The van der Waals surface area contributed by atoms with Gasteiger partial charge in [0.1, 0.15) is 0 Å². The Morgan fingerprint density at radius 3 is 1.32 bits per heavy atom. The van der Waals surface area contributed by atoms with Crippen molar-refractivity contribution in [1.82, 2.24) is 0 Å². The summed E-state index contributed by atoms with van der Waals surface area (Å²) in [6.45, 7) is -0.895. The number of hydrogen-bond donors (Lipinski definition) is 1. The molecule has 0 spiro atoms. The highest BCUT2D eigenvalue weighted by molar-refractivity contribution is 14.1. The Balaban J connectivity index is 6.03. The van der Waals surface area contributed by atoms with Crippen LogP contribution < -0.4 is 0 Å². The number of halogens is 14. The van der Waals surface area contributed by atoms with Crippen molar-refractivity contribution in [2.24, 2.45) is 0 Å². The van der Waals surface area contributed by atoms with E-state index in [1.807, 2.05) is 0 Å². The van der Waals surface area contributed by atoms with Crippen molar-refractivity contribution in [1.29, 1.82) is 0 Å². The molecule has 0 fully saturated rings. The zero-order chi connectivity index (χ0) is 20.7. The number of hydrogen-bond acceptors (Lipinski definition) is 1. The van der Waals surface area contributed by atoms with Gasteiger partial charge in [0.15, 0.2) is 0 Å². The molecule has 0 heterocycles. The van der Waals surface area contributed by atoms with E-state index in [4.69, 9.17) is 5.11 Å². The van der Waals surface area contributed by atoms with Gasteiger partial charge in [-0.05, 0) is 6.42 Å². The SMILES string of the molecule is OCC[C@@H](I)CC(F)(F)C(F)(F)C(F)(F)C(F)(F)C(F)(F)C(F)(F)F. The van der Waals surface area contributed by atoms with E-state index in [0.717, 1.165) is 22.6 Å². The number of aliphatic hydroxyl groups is 1. The summed E-state index contributed by atoms with van der Waals surface area (Å²) in [5.74, 6) is -36.7. The molecule has 0 rings (SSSR count). The van der Waals surface area contributed by atoms with Crippen LogP contribution in [0.5, 0.6) is 0 Å². The summed E-state index contributed by atoms with van der Waals surface area (Å²) in [5.41, 5.74) is 0. The fraction of sp³-hybridized carbons (Fsp3) is 1.00. The first-order valence-electron chi connectivity index (χ1n) is 5.91. The van der Waals surface area contributed by atoms with Crippen molar-refractivity contribution >= 4 is 22.6 Å². The van der Waals surface area contributed by atoms with Crippen molar-refractivity contribution in [3.63, 3.8) is 0 Å². The first-order chi connectivity index (χ1) is 10.7. The molecule has 0 radical (unpaired) electrons. The lowest BCUT2D eigenvalue weighted by Gasteiger charge is -2.40. The van der Waals surface area contributed by atoms with Crippen LogP contribution in [0.4, 0.5) is 57.1 Å². The van der Waals surface area contributed by atoms with Crippen LogP contribution in [-0.4, -0.2) is 51.4 Å². The lowest BCUT2D eigenvalue weighted by molar-refractivity contribution is -0.440. The quantitative estimate of drug-likeness (QED) is 0.263. The molecule has 1 atom stereocenters. The van der Waals surface area contributed by atoms with Gasteiger partial charge >= 0.3 is 35.8 Å². The van der Waals surface area contributed by atoms with E-state index in [0.29, 0.717) is 0 Å². The molecule has 0 saturated heterocycles. The summed E-state index contributed by atoms with van der Waals surface area (Å²) in [5, 5.41) is 8.39. The Labute approximate surface area is 144 Å². The Bertz CT molecular complexity index is 458. The molecule has 0 aliphatic rings. The summed E-state index contributed by atoms with van der Waals surface area (Å²) in [4.78, 5) is 0. The maximum absolute atomic E-state index is 13.3. The third-order valence-corrected chi connectivity index (χ3v) is 3.98. The van der Waals surface area contributed by atoms with Gasteiger partial charge in [-0.15, -0.1) is 0 Å². The van der Waals surface area contributed by atoms with Crippen LogP contribution in [0.15, 0.2) is 0 Å². The average Bonchev–Trinajstić information content (AvgIpc) is 2.35. The van der Waals surface area contributed by atoms with Gasteiger partial charge in [0, 0.05) is 17.0 Å². The largest absolute Gasteiger partial charge is 0.460 e. The second-order valence-corrected chi connectivity index (χ2v) is 6.58. The molecule has 0 amide bonds. The van der Waals surface area contributed by atoms with E-state index in [1.165, 1.54) is 0 Å². The Morgan fingerprint density at radius 2 is 1.00 bits per heavy atom. The molecule has 0 aromatic carbocycles. The molecule has 152 valence electrons. The molecule has 0 bridgehead atoms. The van der Waals surface area contributed by atoms with Gasteiger partial charge in [0.2, 0.25) is 0 Å². The molecule has 0 unspecified atom stereocenters. The fourth-order valence-electron chi connectivity index (χ4n) is 1.45. The minimum absolute atomic E-state index is 0.688. The van der Waals surface area contributed by atoms with Gasteiger partial charge in [0.05, 0.1) is 0 Å². The second-order valence-electron chi connectivity index (χ2n) is 4.81. The van der Waals surface area contributed by atoms with Gasteiger partial charge in [-0.25, -0.2) is 0 Å². The van der Waals surface area contributed by atoms with Crippen LogP contribution in [0.2, 0.25) is 0 Å². The molecule has 25 heavy (non-hydrogen) atoms.